The highest BCUT2D eigenvalue weighted by atomic mass is 16.6. The zero-order valence-electron chi connectivity index (χ0n) is 12.4. The van der Waals surface area contributed by atoms with Crippen molar-refractivity contribution < 1.29 is 9.72 Å². The van der Waals surface area contributed by atoms with Gasteiger partial charge in [0.05, 0.1) is 10.2 Å². The molecule has 120 valence electrons. The molecule has 1 heterocycles. The van der Waals surface area contributed by atoms with Gasteiger partial charge in [-0.05, 0) is 29.2 Å². The number of benzene rings is 2. The highest BCUT2D eigenvalue weighted by Crippen LogP contribution is 2.25. The highest BCUT2D eigenvalue weighted by Gasteiger charge is 2.22. The number of hydrogen-bond acceptors (Lipinski definition) is 6. The van der Waals surface area contributed by atoms with Gasteiger partial charge in [-0.3, -0.25) is 9.69 Å². The second-order valence-electron chi connectivity index (χ2n) is 4.78. The SMILES string of the molecule is O=C(Cn1nnc([N+](=O)[O-])n1)N(c1ccccc1)c1ccccc1. The predicted molar refractivity (Wildman–Crippen MR) is 84.5 cm³/mol. The number of para-hydroxylation sites is 2. The van der Waals surface area contributed by atoms with E-state index in [0.717, 1.165) is 4.80 Å². The van der Waals surface area contributed by atoms with E-state index in [2.05, 4.69) is 15.4 Å². The Labute approximate surface area is 136 Å². The Morgan fingerprint density at radius 2 is 1.58 bits per heavy atom. The Balaban J connectivity index is 1.90. The van der Waals surface area contributed by atoms with Crippen LogP contribution in [-0.4, -0.2) is 31.0 Å². The number of carbonyl (C=O) groups is 1. The second-order valence-corrected chi connectivity index (χ2v) is 4.78. The summed E-state index contributed by atoms with van der Waals surface area (Å²) in [6, 6.07) is 18.1. The van der Waals surface area contributed by atoms with Gasteiger partial charge in [0.2, 0.25) is 0 Å². The zero-order chi connectivity index (χ0) is 16.9. The number of carbonyl (C=O) groups excluding carboxylic acids is 1. The van der Waals surface area contributed by atoms with Crippen LogP contribution in [0.4, 0.5) is 17.3 Å². The summed E-state index contributed by atoms with van der Waals surface area (Å²) in [4.78, 5) is 25.0. The minimum atomic E-state index is -0.764. The first kappa shape index (κ1) is 15.3. The third kappa shape index (κ3) is 3.24. The van der Waals surface area contributed by atoms with Gasteiger partial charge >= 0.3 is 5.95 Å². The molecule has 0 bridgehead atoms. The first-order chi connectivity index (χ1) is 11.6. The lowest BCUT2D eigenvalue weighted by Gasteiger charge is -2.22. The van der Waals surface area contributed by atoms with E-state index in [-0.39, 0.29) is 12.5 Å². The summed E-state index contributed by atoms with van der Waals surface area (Å²) in [5, 5.41) is 21.0. The van der Waals surface area contributed by atoms with Crippen LogP contribution in [0.3, 0.4) is 0 Å². The summed E-state index contributed by atoms with van der Waals surface area (Å²) in [5.41, 5.74) is 1.34. The fourth-order valence-corrected chi connectivity index (χ4v) is 2.16. The molecule has 0 unspecified atom stereocenters. The second kappa shape index (κ2) is 6.65. The maximum atomic E-state index is 12.7. The molecule has 1 amide bonds. The summed E-state index contributed by atoms with van der Waals surface area (Å²) in [6.45, 7) is -0.273. The number of nitrogens with zero attached hydrogens (tertiary/aromatic N) is 6. The first-order valence-corrected chi connectivity index (χ1v) is 7.00. The Kier molecular flexibility index (Phi) is 4.23. The van der Waals surface area contributed by atoms with Crippen molar-refractivity contribution in [3.8, 4) is 0 Å². The molecule has 0 aliphatic rings. The normalized spacial score (nSPS) is 10.3. The van der Waals surface area contributed by atoms with E-state index in [1.165, 1.54) is 4.90 Å². The molecule has 0 saturated heterocycles. The number of tetrazole rings is 1. The van der Waals surface area contributed by atoms with Crippen molar-refractivity contribution in [3.63, 3.8) is 0 Å². The number of anilines is 2. The maximum absolute atomic E-state index is 12.7. The molecule has 9 heteroatoms. The van der Waals surface area contributed by atoms with Crippen LogP contribution in [0.15, 0.2) is 60.7 Å². The molecule has 9 nitrogen and oxygen atoms in total. The van der Waals surface area contributed by atoms with Crippen molar-refractivity contribution in [1.82, 2.24) is 20.2 Å². The molecule has 24 heavy (non-hydrogen) atoms. The molecule has 1 aromatic heterocycles. The Morgan fingerprint density at radius 3 is 2.04 bits per heavy atom. The molecule has 2 aromatic carbocycles. The molecular weight excluding hydrogens is 312 g/mol. The lowest BCUT2D eigenvalue weighted by atomic mass is 10.2. The number of aromatic nitrogens is 4. The highest BCUT2D eigenvalue weighted by molar-refractivity contribution is 6.00. The van der Waals surface area contributed by atoms with Gasteiger partial charge in [0.25, 0.3) is 5.91 Å². The van der Waals surface area contributed by atoms with E-state index in [1.807, 2.05) is 36.4 Å². The summed E-state index contributed by atoms with van der Waals surface area (Å²) < 4.78 is 0. The van der Waals surface area contributed by atoms with Gasteiger partial charge in [0.1, 0.15) is 0 Å². The van der Waals surface area contributed by atoms with Gasteiger partial charge in [0.15, 0.2) is 6.54 Å². The summed E-state index contributed by atoms with van der Waals surface area (Å²) in [5.74, 6) is -0.992. The fraction of sp³-hybridized carbons (Fsp3) is 0.0667. The van der Waals surface area contributed by atoms with Crippen molar-refractivity contribution >= 4 is 23.2 Å². The quantitative estimate of drug-likeness (QED) is 0.524. The van der Waals surface area contributed by atoms with Crippen molar-refractivity contribution in [2.45, 2.75) is 6.54 Å². The smallest absolute Gasteiger partial charge is 0.390 e. The third-order valence-electron chi connectivity index (χ3n) is 3.16. The number of nitro groups is 1. The maximum Gasteiger partial charge on any atom is 0.514 e. The monoisotopic (exact) mass is 324 g/mol. The Hall–Kier alpha value is -3.62. The number of hydrogen-bond donors (Lipinski definition) is 0. The molecule has 0 atom stereocenters. The van der Waals surface area contributed by atoms with E-state index in [0.29, 0.717) is 11.4 Å². The molecule has 3 rings (SSSR count). The zero-order valence-corrected chi connectivity index (χ0v) is 12.4. The average Bonchev–Trinajstić information content (AvgIpc) is 3.06. The van der Waals surface area contributed by atoms with E-state index >= 15 is 0 Å². The van der Waals surface area contributed by atoms with Crippen LogP contribution >= 0.6 is 0 Å². The van der Waals surface area contributed by atoms with Crippen LogP contribution in [-0.2, 0) is 11.3 Å². The van der Waals surface area contributed by atoms with E-state index < -0.39 is 10.9 Å². The van der Waals surface area contributed by atoms with Crippen LogP contribution in [0.25, 0.3) is 0 Å². The molecule has 0 N–H and O–H groups in total. The van der Waals surface area contributed by atoms with Crippen LogP contribution in [0.5, 0.6) is 0 Å². The number of rotatable bonds is 5. The molecule has 0 radical (unpaired) electrons. The summed E-state index contributed by atoms with van der Waals surface area (Å²) >= 11 is 0. The molecule has 0 aliphatic heterocycles. The van der Waals surface area contributed by atoms with Gasteiger partial charge in [-0.1, -0.05) is 41.2 Å². The Morgan fingerprint density at radius 1 is 1.04 bits per heavy atom. The molecular formula is C15H12N6O3. The topological polar surface area (TPSA) is 107 Å². The summed E-state index contributed by atoms with van der Waals surface area (Å²) in [6.07, 6.45) is 0. The van der Waals surface area contributed by atoms with Crippen LogP contribution in [0, 0.1) is 10.1 Å². The van der Waals surface area contributed by atoms with Gasteiger partial charge in [-0.15, -0.1) is 0 Å². The van der Waals surface area contributed by atoms with Gasteiger partial charge in [0, 0.05) is 16.6 Å². The van der Waals surface area contributed by atoms with Crippen LogP contribution in [0.2, 0.25) is 0 Å². The van der Waals surface area contributed by atoms with Gasteiger partial charge in [-0.2, -0.15) is 0 Å². The number of amides is 1. The lowest BCUT2D eigenvalue weighted by Crippen LogP contribution is -2.30. The Bertz CT molecular complexity index is 810. The standard InChI is InChI=1S/C15H12N6O3/c22-14(11-19-17-15(16-18-19)21(23)24)20(12-7-3-1-4-8-12)13-9-5-2-6-10-13/h1-10H,11H2. The first-order valence-electron chi connectivity index (χ1n) is 7.00. The van der Waals surface area contributed by atoms with Crippen molar-refractivity contribution in [2.75, 3.05) is 4.90 Å². The van der Waals surface area contributed by atoms with Gasteiger partial charge in [-0.25, -0.2) is 0 Å². The van der Waals surface area contributed by atoms with E-state index in [9.17, 15) is 14.9 Å². The predicted octanol–water partition coefficient (Wildman–Crippen LogP) is 1.95. The molecule has 0 aliphatic carbocycles. The van der Waals surface area contributed by atoms with Crippen LogP contribution < -0.4 is 4.90 Å². The van der Waals surface area contributed by atoms with Crippen molar-refractivity contribution in [2.24, 2.45) is 0 Å². The van der Waals surface area contributed by atoms with Crippen LogP contribution in [0.1, 0.15) is 0 Å². The molecule has 3 aromatic rings. The van der Waals surface area contributed by atoms with Crippen molar-refractivity contribution in [3.05, 3.63) is 70.8 Å². The molecule has 0 fully saturated rings. The largest absolute Gasteiger partial charge is 0.514 e. The minimum Gasteiger partial charge on any atom is -0.390 e. The van der Waals surface area contributed by atoms with E-state index in [1.54, 1.807) is 24.3 Å². The summed E-state index contributed by atoms with van der Waals surface area (Å²) in [7, 11) is 0. The lowest BCUT2D eigenvalue weighted by molar-refractivity contribution is -0.394. The molecule has 0 spiro atoms. The van der Waals surface area contributed by atoms with E-state index in [4.69, 9.17) is 0 Å². The van der Waals surface area contributed by atoms with Gasteiger partial charge < -0.3 is 10.1 Å². The molecule has 0 saturated carbocycles. The van der Waals surface area contributed by atoms with Crippen molar-refractivity contribution in [1.29, 1.82) is 0 Å². The average molecular weight is 324 g/mol. The minimum absolute atomic E-state index is 0.273. The fourth-order valence-electron chi connectivity index (χ4n) is 2.16. The third-order valence-corrected chi connectivity index (χ3v) is 3.16.